The zero-order valence-corrected chi connectivity index (χ0v) is 10.9. The zero-order chi connectivity index (χ0) is 13.0. The van der Waals surface area contributed by atoms with Crippen LogP contribution in [0.4, 0.5) is 5.69 Å². The van der Waals surface area contributed by atoms with Crippen LogP contribution < -0.4 is 14.8 Å². The van der Waals surface area contributed by atoms with E-state index in [1.807, 2.05) is 19.1 Å². The summed E-state index contributed by atoms with van der Waals surface area (Å²) in [4.78, 5) is 10.8. The minimum atomic E-state index is 0.232. The number of fused-ring (bicyclic) bond motifs is 1. The van der Waals surface area contributed by atoms with Gasteiger partial charge in [-0.3, -0.25) is 0 Å². The van der Waals surface area contributed by atoms with Gasteiger partial charge in [-0.25, -0.2) is 0 Å². The van der Waals surface area contributed by atoms with E-state index in [1.165, 1.54) is 0 Å². The van der Waals surface area contributed by atoms with E-state index in [-0.39, 0.29) is 5.78 Å². The fourth-order valence-corrected chi connectivity index (χ4v) is 1.94. The number of carbonyl (C=O) groups is 1. The van der Waals surface area contributed by atoms with Crippen molar-refractivity contribution < 1.29 is 14.3 Å². The molecule has 0 unspecified atom stereocenters. The van der Waals surface area contributed by atoms with Gasteiger partial charge >= 0.3 is 0 Å². The summed E-state index contributed by atoms with van der Waals surface area (Å²) in [6, 6.07) is 3.96. The predicted octanol–water partition coefficient (Wildman–Crippen LogP) is 2.55. The Hall–Kier alpha value is -1.71. The highest BCUT2D eigenvalue weighted by Gasteiger charge is 2.13. The molecule has 0 atom stereocenters. The van der Waals surface area contributed by atoms with Crippen LogP contribution in [0.2, 0.25) is 0 Å². The van der Waals surface area contributed by atoms with E-state index in [0.29, 0.717) is 19.6 Å². The first kappa shape index (κ1) is 12.7. The number of hydrogen-bond donors (Lipinski definition) is 1. The molecule has 1 aromatic rings. The molecule has 1 aromatic carbocycles. The molecule has 18 heavy (non-hydrogen) atoms. The molecule has 0 spiro atoms. The van der Waals surface area contributed by atoms with Gasteiger partial charge in [0.25, 0.3) is 0 Å². The van der Waals surface area contributed by atoms with Gasteiger partial charge in [0.05, 0.1) is 0 Å². The summed E-state index contributed by atoms with van der Waals surface area (Å²) >= 11 is 0. The number of benzene rings is 1. The SMILES string of the molecule is CC(=O)CCCNc1cc2c(cc1C)OCCO2. The van der Waals surface area contributed by atoms with Crippen molar-refractivity contribution >= 4 is 11.5 Å². The van der Waals surface area contributed by atoms with Crippen LogP contribution in [-0.4, -0.2) is 25.5 Å². The first-order chi connectivity index (χ1) is 8.66. The number of nitrogens with one attached hydrogen (secondary N) is 1. The highest BCUT2D eigenvalue weighted by Crippen LogP contribution is 2.35. The van der Waals surface area contributed by atoms with Crippen molar-refractivity contribution in [1.29, 1.82) is 0 Å². The predicted molar refractivity (Wildman–Crippen MR) is 70.6 cm³/mol. The highest BCUT2D eigenvalue weighted by molar-refractivity contribution is 5.75. The van der Waals surface area contributed by atoms with E-state index in [4.69, 9.17) is 9.47 Å². The summed E-state index contributed by atoms with van der Waals surface area (Å²) < 4.78 is 11.1. The summed E-state index contributed by atoms with van der Waals surface area (Å²) in [5, 5.41) is 3.33. The number of Topliss-reactive ketones (excluding diaryl/α,β-unsaturated/α-hetero) is 1. The third-order valence-corrected chi connectivity index (χ3v) is 2.91. The highest BCUT2D eigenvalue weighted by atomic mass is 16.6. The van der Waals surface area contributed by atoms with Crippen LogP contribution in [0.15, 0.2) is 12.1 Å². The first-order valence-electron chi connectivity index (χ1n) is 6.30. The van der Waals surface area contributed by atoms with Crippen molar-refractivity contribution in [3.63, 3.8) is 0 Å². The third-order valence-electron chi connectivity index (χ3n) is 2.91. The molecule has 1 aliphatic rings. The van der Waals surface area contributed by atoms with Gasteiger partial charge in [0.2, 0.25) is 0 Å². The number of rotatable bonds is 5. The normalized spacial score (nSPS) is 13.2. The van der Waals surface area contributed by atoms with Gasteiger partial charge < -0.3 is 19.6 Å². The molecular weight excluding hydrogens is 230 g/mol. The fourth-order valence-electron chi connectivity index (χ4n) is 1.94. The summed E-state index contributed by atoms with van der Waals surface area (Å²) in [7, 11) is 0. The smallest absolute Gasteiger partial charge is 0.163 e. The Morgan fingerprint density at radius 3 is 2.61 bits per heavy atom. The largest absolute Gasteiger partial charge is 0.486 e. The van der Waals surface area contributed by atoms with Crippen molar-refractivity contribution in [2.24, 2.45) is 0 Å². The lowest BCUT2D eigenvalue weighted by molar-refractivity contribution is -0.117. The Morgan fingerprint density at radius 2 is 1.94 bits per heavy atom. The van der Waals surface area contributed by atoms with Gasteiger partial charge in [-0.1, -0.05) is 0 Å². The Bertz CT molecular complexity index is 443. The second-order valence-electron chi connectivity index (χ2n) is 4.54. The van der Waals surface area contributed by atoms with Gasteiger partial charge in [-0.05, 0) is 31.9 Å². The van der Waals surface area contributed by atoms with Crippen LogP contribution in [0.3, 0.4) is 0 Å². The van der Waals surface area contributed by atoms with E-state index in [0.717, 1.165) is 35.7 Å². The second kappa shape index (κ2) is 5.76. The average molecular weight is 249 g/mol. The Labute approximate surface area is 107 Å². The average Bonchev–Trinajstić information content (AvgIpc) is 2.34. The van der Waals surface area contributed by atoms with E-state index in [9.17, 15) is 4.79 Å². The van der Waals surface area contributed by atoms with Crippen molar-refractivity contribution in [2.45, 2.75) is 26.7 Å². The van der Waals surface area contributed by atoms with Crippen molar-refractivity contribution in [3.05, 3.63) is 17.7 Å². The molecule has 1 N–H and O–H groups in total. The molecule has 1 aliphatic heterocycles. The van der Waals surface area contributed by atoms with Gasteiger partial charge in [0, 0.05) is 24.7 Å². The zero-order valence-electron chi connectivity index (χ0n) is 10.9. The van der Waals surface area contributed by atoms with Crippen LogP contribution in [0.5, 0.6) is 11.5 Å². The maximum Gasteiger partial charge on any atom is 0.163 e. The lowest BCUT2D eigenvalue weighted by Crippen LogP contribution is -2.16. The van der Waals surface area contributed by atoms with Crippen molar-refractivity contribution in [1.82, 2.24) is 0 Å². The summed E-state index contributed by atoms with van der Waals surface area (Å²) in [5.74, 6) is 1.84. The summed E-state index contributed by atoms with van der Waals surface area (Å²) in [5.41, 5.74) is 2.17. The number of ether oxygens (including phenoxy) is 2. The molecule has 0 bridgehead atoms. The van der Waals surface area contributed by atoms with E-state index in [2.05, 4.69) is 5.32 Å². The molecule has 0 aromatic heterocycles. The van der Waals surface area contributed by atoms with E-state index < -0.39 is 0 Å². The minimum Gasteiger partial charge on any atom is -0.486 e. The number of anilines is 1. The Morgan fingerprint density at radius 1 is 1.28 bits per heavy atom. The molecule has 1 heterocycles. The lowest BCUT2D eigenvalue weighted by atomic mass is 10.1. The van der Waals surface area contributed by atoms with Gasteiger partial charge in [-0.2, -0.15) is 0 Å². The quantitative estimate of drug-likeness (QED) is 0.815. The molecule has 4 nitrogen and oxygen atoms in total. The summed E-state index contributed by atoms with van der Waals surface area (Å²) in [6.07, 6.45) is 1.47. The molecule has 0 saturated carbocycles. The maximum atomic E-state index is 10.8. The topological polar surface area (TPSA) is 47.6 Å². The molecule has 98 valence electrons. The molecule has 0 radical (unpaired) electrons. The first-order valence-corrected chi connectivity index (χ1v) is 6.30. The molecular formula is C14H19NO3. The second-order valence-corrected chi connectivity index (χ2v) is 4.54. The van der Waals surface area contributed by atoms with Gasteiger partial charge in [0.15, 0.2) is 11.5 Å². The van der Waals surface area contributed by atoms with E-state index >= 15 is 0 Å². The molecule has 0 aliphatic carbocycles. The van der Waals surface area contributed by atoms with Crippen molar-refractivity contribution in [2.75, 3.05) is 25.1 Å². The minimum absolute atomic E-state index is 0.232. The summed E-state index contributed by atoms with van der Waals surface area (Å²) in [6.45, 7) is 5.65. The van der Waals surface area contributed by atoms with E-state index in [1.54, 1.807) is 6.92 Å². The number of aryl methyl sites for hydroxylation is 1. The number of carbonyl (C=O) groups excluding carboxylic acids is 1. The Balaban J connectivity index is 1.97. The lowest BCUT2D eigenvalue weighted by Gasteiger charge is -2.20. The van der Waals surface area contributed by atoms with Crippen molar-refractivity contribution in [3.8, 4) is 11.5 Å². The fraction of sp³-hybridized carbons (Fsp3) is 0.500. The third kappa shape index (κ3) is 3.15. The number of ketones is 1. The van der Waals surface area contributed by atoms with Crippen LogP contribution in [0, 0.1) is 6.92 Å². The molecule has 2 rings (SSSR count). The van der Waals surface area contributed by atoms with Gasteiger partial charge in [-0.15, -0.1) is 0 Å². The standard InChI is InChI=1S/C14H19NO3/c1-10-8-13-14(18-7-6-17-13)9-12(10)15-5-3-4-11(2)16/h8-9,15H,3-7H2,1-2H3. The maximum absolute atomic E-state index is 10.8. The molecule has 0 fully saturated rings. The van der Waals surface area contributed by atoms with Crippen LogP contribution in [-0.2, 0) is 4.79 Å². The van der Waals surface area contributed by atoms with Crippen LogP contribution in [0.1, 0.15) is 25.3 Å². The molecule has 0 saturated heterocycles. The monoisotopic (exact) mass is 249 g/mol. The van der Waals surface area contributed by atoms with Crippen LogP contribution >= 0.6 is 0 Å². The molecule has 4 heteroatoms. The molecule has 0 amide bonds. The number of hydrogen-bond acceptors (Lipinski definition) is 4. The van der Waals surface area contributed by atoms with Crippen LogP contribution in [0.25, 0.3) is 0 Å². The Kier molecular flexibility index (Phi) is 4.07. The van der Waals surface area contributed by atoms with Gasteiger partial charge in [0.1, 0.15) is 19.0 Å².